The van der Waals surface area contributed by atoms with Crippen LogP contribution >= 0.6 is 24.0 Å². The summed E-state index contributed by atoms with van der Waals surface area (Å²) in [5.74, 6) is 1.73. The number of ether oxygens (including phenoxy) is 2. The Kier molecular flexibility index (Phi) is 11.6. The van der Waals surface area contributed by atoms with Gasteiger partial charge in [0.05, 0.1) is 26.3 Å². The Morgan fingerprint density at radius 2 is 2.12 bits per heavy atom. The van der Waals surface area contributed by atoms with Crippen LogP contribution in [0.4, 0.5) is 0 Å². The summed E-state index contributed by atoms with van der Waals surface area (Å²) < 4.78 is 11.2. The number of morpholine rings is 1. The third-order valence-electron chi connectivity index (χ3n) is 4.25. The molecule has 2 atom stereocenters. The molecule has 0 spiro atoms. The fourth-order valence-corrected chi connectivity index (χ4v) is 2.92. The Balaban J connectivity index is 0.00000338. The van der Waals surface area contributed by atoms with Crippen molar-refractivity contribution < 1.29 is 9.47 Å². The third-order valence-corrected chi connectivity index (χ3v) is 4.25. The highest BCUT2D eigenvalue weighted by molar-refractivity contribution is 14.0. The molecule has 0 radical (unpaired) electrons. The van der Waals surface area contributed by atoms with Crippen molar-refractivity contribution in [3.63, 3.8) is 0 Å². The molecule has 0 aromatic heterocycles. The van der Waals surface area contributed by atoms with Gasteiger partial charge in [-0.25, -0.2) is 0 Å². The summed E-state index contributed by atoms with van der Waals surface area (Å²) in [5, 5.41) is 6.62. The maximum atomic E-state index is 5.70. The van der Waals surface area contributed by atoms with Crippen molar-refractivity contribution in [3.8, 4) is 5.75 Å². The molecule has 0 aliphatic carbocycles. The predicted octanol–water partition coefficient (Wildman–Crippen LogP) is 2.35. The van der Waals surface area contributed by atoms with Gasteiger partial charge >= 0.3 is 0 Å². The molecule has 26 heavy (non-hydrogen) atoms. The smallest absolute Gasteiger partial charge is 0.191 e. The second-order valence-electron chi connectivity index (χ2n) is 6.32. The zero-order valence-electron chi connectivity index (χ0n) is 16.1. The first kappa shape index (κ1) is 23.0. The molecule has 2 rings (SSSR count). The van der Waals surface area contributed by atoms with E-state index in [4.69, 9.17) is 14.5 Å². The van der Waals surface area contributed by atoms with Crippen LogP contribution in [0.5, 0.6) is 5.75 Å². The van der Waals surface area contributed by atoms with Crippen LogP contribution in [0.15, 0.2) is 35.3 Å². The number of aliphatic imine (C=N–C) groups is 1. The molecule has 1 aliphatic heterocycles. The van der Waals surface area contributed by atoms with Gasteiger partial charge in [-0.2, -0.15) is 0 Å². The van der Waals surface area contributed by atoms with E-state index in [1.54, 1.807) is 0 Å². The van der Waals surface area contributed by atoms with Crippen LogP contribution in [-0.4, -0.2) is 68.9 Å². The van der Waals surface area contributed by atoms with E-state index in [1.165, 1.54) is 0 Å². The van der Waals surface area contributed by atoms with Crippen molar-refractivity contribution in [2.24, 2.45) is 4.99 Å². The van der Waals surface area contributed by atoms with Gasteiger partial charge in [0.2, 0.25) is 0 Å². The molecule has 1 heterocycles. The van der Waals surface area contributed by atoms with E-state index in [0.29, 0.717) is 25.2 Å². The summed E-state index contributed by atoms with van der Waals surface area (Å²) in [7, 11) is 0. The summed E-state index contributed by atoms with van der Waals surface area (Å²) in [6.45, 7) is 12.0. The van der Waals surface area contributed by atoms with Gasteiger partial charge in [-0.1, -0.05) is 18.2 Å². The molecule has 2 N–H and O–H groups in total. The Hall–Kier alpha value is -1.06. The number of halogens is 1. The van der Waals surface area contributed by atoms with Crippen molar-refractivity contribution in [2.75, 3.05) is 46.0 Å². The normalized spacial score (nSPS) is 19.3. The molecular formula is C19H33IN4O2. The number of guanidine groups is 1. The van der Waals surface area contributed by atoms with E-state index in [1.807, 2.05) is 30.3 Å². The van der Waals surface area contributed by atoms with E-state index >= 15 is 0 Å². The highest BCUT2D eigenvalue weighted by atomic mass is 127. The first-order valence-corrected chi connectivity index (χ1v) is 9.24. The maximum Gasteiger partial charge on any atom is 0.191 e. The lowest BCUT2D eigenvalue weighted by Gasteiger charge is -2.37. The molecule has 148 valence electrons. The standard InChI is InChI=1S/C19H32N4O2.HI/c1-4-20-19(21-10-12-25-18-8-6-5-7-9-18)22-14-16(2)23-11-13-24-15-17(23)3;/h5-9,16-17H,4,10-15H2,1-3H3,(H2,20,21,22);1H. The highest BCUT2D eigenvalue weighted by Crippen LogP contribution is 2.11. The Morgan fingerprint density at radius 3 is 2.81 bits per heavy atom. The fraction of sp³-hybridized carbons (Fsp3) is 0.632. The number of nitrogens with zero attached hydrogens (tertiary/aromatic N) is 2. The van der Waals surface area contributed by atoms with E-state index in [0.717, 1.165) is 44.6 Å². The van der Waals surface area contributed by atoms with Crippen LogP contribution in [-0.2, 0) is 4.74 Å². The molecule has 7 heteroatoms. The van der Waals surface area contributed by atoms with Crippen LogP contribution in [0, 0.1) is 0 Å². The first-order valence-electron chi connectivity index (χ1n) is 9.24. The van der Waals surface area contributed by atoms with Gasteiger partial charge in [-0.3, -0.25) is 9.89 Å². The van der Waals surface area contributed by atoms with E-state index in [-0.39, 0.29) is 24.0 Å². The minimum atomic E-state index is 0. The zero-order valence-corrected chi connectivity index (χ0v) is 18.4. The number of hydrogen-bond donors (Lipinski definition) is 2. The van der Waals surface area contributed by atoms with Gasteiger partial charge in [0.15, 0.2) is 5.96 Å². The zero-order chi connectivity index (χ0) is 17.9. The van der Waals surface area contributed by atoms with Crippen molar-refractivity contribution in [1.29, 1.82) is 0 Å². The van der Waals surface area contributed by atoms with E-state index in [9.17, 15) is 0 Å². The molecule has 0 amide bonds. The maximum absolute atomic E-state index is 5.70. The third kappa shape index (κ3) is 8.09. The van der Waals surface area contributed by atoms with Crippen LogP contribution < -0.4 is 15.4 Å². The van der Waals surface area contributed by atoms with E-state index in [2.05, 4.69) is 36.3 Å². The quantitative estimate of drug-likeness (QED) is 0.261. The number of benzene rings is 1. The van der Waals surface area contributed by atoms with Crippen molar-refractivity contribution in [1.82, 2.24) is 15.5 Å². The highest BCUT2D eigenvalue weighted by Gasteiger charge is 2.23. The average molecular weight is 476 g/mol. The van der Waals surface area contributed by atoms with Gasteiger partial charge in [-0.05, 0) is 32.9 Å². The van der Waals surface area contributed by atoms with Gasteiger partial charge in [0, 0.05) is 25.2 Å². The lowest BCUT2D eigenvalue weighted by Crippen LogP contribution is -2.49. The van der Waals surface area contributed by atoms with Crippen LogP contribution in [0.1, 0.15) is 20.8 Å². The lowest BCUT2D eigenvalue weighted by atomic mass is 10.2. The average Bonchev–Trinajstić information content (AvgIpc) is 2.64. The largest absolute Gasteiger partial charge is 0.492 e. The SMILES string of the molecule is CCNC(=NCC(C)N1CCOCC1C)NCCOc1ccccc1.I. The molecule has 0 saturated carbocycles. The minimum Gasteiger partial charge on any atom is -0.492 e. The van der Waals surface area contributed by atoms with Gasteiger partial charge in [0.25, 0.3) is 0 Å². The molecule has 6 nitrogen and oxygen atoms in total. The summed E-state index contributed by atoms with van der Waals surface area (Å²) in [5.41, 5.74) is 0. The monoisotopic (exact) mass is 476 g/mol. The first-order chi connectivity index (χ1) is 12.2. The fourth-order valence-electron chi connectivity index (χ4n) is 2.92. The van der Waals surface area contributed by atoms with Gasteiger partial charge < -0.3 is 20.1 Å². The predicted molar refractivity (Wildman–Crippen MR) is 118 cm³/mol. The Morgan fingerprint density at radius 1 is 1.35 bits per heavy atom. The van der Waals surface area contributed by atoms with Crippen LogP contribution in [0.2, 0.25) is 0 Å². The summed E-state index contributed by atoms with van der Waals surface area (Å²) >= 11 is 0. The summed E-state index contributed by atoms with van der Waals surface area (Å²) in [6, 6.07) is 10.7. The molecular weight excluding hydrogens is 443 g/mol. The van der Waals surface area contributed by atoms with Crippen molar-refractivity contribution >= 4 is 29.9 Å². The molecule has 1 aromatic rings. The lowest BCUT2D eigenvalue weighted by molar-refractivity contribution is -0.0165. The number of rotatable bonds is 8. The number of nitrogens with one attached hydrogen (secondary N) is 2. The van der Waals surface area contributed by atoms with E-state index < -0.39 is 0 Å². The summed E-state index contributed by atoms with van der Waals surface area (Å²) in [4.78, 5) is 7.19. The van der Waals surface area contributed by atoms with Crippen molar-refractivity contribution in [2.45, 2.75) is 32.9 Å². The topological polar surface area (TPSA) is 58.1 Å². The van der Waals surface area contributed by atoms with Crippen LogP contribution in [0.25, 0.3) is 0 Å². The molecule has 1 fully saturated rings. The Bertz CT molecular complexity index is 516. The number of hydrogen-bond acceptors (Lipinski definition) is 4. The second kappa shape index (κ2) is 13.2. The minimum absolute atomic E-state index is 0. The van der Waals surface area contributed by atoms with Gasteiger partial charge in [0.1, 0.15) is 12.4 Å². The van der Waals surface area contributed by atoms with Gasteiger partial charge in [-0.15, -0.1) is 24.0 Å². The summed E-state index contributed by atoms with van der Waals surface area (Å²) in [6.07, 6.45) is 0. The van der Waals surface area contributed by atoms with Crippen LogP contribution in [0.3, 0.4) is 0 Å². The molecule has 0 bridgehead atoms. The molecule has 1 aromatic carbocycles. The molecule has 1 aliphatic rings. The molecule has 2 unspecified atom stereocenters. The number of para-hydroxylation sites is 1. The second-order valence-corrected chi connectivity index (χ2v) is 6.32. The molecule has 1 saturated heterocycles. The Labute approximate surface area is 174 Å². The van der Waals surface area contributed by atoms with Crippen molar-refractivity contribution in [3.05, 3.63) is 30.3 Å².